The first kappa shape index (κ1) is 16.0. The van der Waals surface area contributed by atoms with Crippen LogP contribution in [-0.4, -0.2) is 46.2 Å². The molecule has 0 amide bonds. The van der Waals surface area contributed by atoms with Crippen molar-refractivity contribution in [3.05, 3.63) is 54.0 Å². The Balaban J connectivity index is 1.35. The normalized spacial score (nSPS) is 26.0. The molecule has 4 heterocycles. The number of nitrogens with zero attached hydrogens (tertiary/aromatic N) is 4. The lowest BCUT2D eigenvalue weighted by atomic mass is 9.97. The molecule has 6 nitrogen and oxygen atoms in total. The van der Waals surface area contributed by atoms with Crippen molar-refractivity contribution in [2.75, 3.05) is 25.0 Å². The van der Waals surface area contributed by atoms with E-state index in [-0.39, 0.29) is 11.6 Å². The fraction of sp³-hybridized carbons (Fsp3) is 0.421. The van der Waals surface area contributed by atoms with Gasteiger partial charge >= 0.3 is 0 Å². The highest BCUT2D eigenvalue weighted by Crippen LogP contribution is 2.36. The Morgan fingerprint density at radius 2 is 2.20 bits per heavy atom. The van der Waals surface area contributed by atoms with E-state index in [0.717, 1.165) is 38.3 Å². The van der Waals surface area contributed by atoms with Crippen LogP contribution in [0.2, 0.25) is 0 Å². The van der Waals surface area contributed by atoms with E-state index in [4.69, 9.17) is 10.00 Å². The summed E-state index contributed by atoms with van der Waals surface area (Å²) in [4.78, 5) is 10.8. The van der Waals surface area contributed by atoms with Gasteiger partial charge in [0.25, 0.3) is 0 Å². The fourth-order valence-electron chi connectivity index (χ4n) is 3.82. The maximum absolute atomic E-state index is 8.97. The number of hydrogen-bond acceptors (Lipinski definition) is 6. The Hall–Kier alpha value is -2.49. The van der Waals surface area contributed by atoms with Crippen LogP contribution in [0.1, 0.15) is 24.1 Å². The Morgan fingerprint density at radius 1 is 1.32 bits per heavy atom. The van der Waals surface area contributed by atoms with Crippen LogP contribution in [0.25, 0.3) is 0 Å². The van der Waals surface area contributed by atoms with Crippen LogP contribution in [0.4, 0.5) is 5.82 Å². The third kappa shape index (κ3) is 3.63. The molecule has 2 atom stereocenters. The highest BCUT2D eigenvalue weighted by atomic mass is 16.5. The third-order valence-electron chi connectivity index (χ3n) is 4.98. The SMILES string of the molecule is N#Cc1cccc(N[C@H]2CO[C@]3(CCN(Cc4ccncc4)C3)C2)n1. The molecule has 0 unspecified atom stereocenters. The van der Waals surface area contributed by atoms with Gasteiger partial charge in [0.15, 0.2) is 0 Å². The van der Waals surface area contributed by atoms with E-state index in [1.165, 1.54) is 5.56 Å². The van der Waals surface area contributed by atoms with Gasteiger partial charge in [-0.3, -0.25) is 9.88 Å². The van der Waals surface area contributed by atoms with Crippen molar-refractivity contribution in [3.63, 3.8) is 0 Å². The van der Waals surface area contributed by atoms with E-state index in [9.17, 15) is 0 Å². The topological polar surface area (TPSA) is 74.1 Å². The van der Waals surface area contributed by atoms with Gasteiger partial charge in [-0.1, -0.05) is 6.07 Å². The first-order valence-corrected chi connectivity index (χ1v) is 8.64. The van der Waals surface area contributed by atoms with Crippen LogP contribution in [0.15, 0.2) is 42.7 Å². The van der Waals surface area contributed by atoms with Crippen LogP contribution >= 0.6 is 0 Å². The number of rotatable bonds is 4. The zero-order valence-electron chi connectivity index (χ0n) is 14.1. The minimum atomic E-state index is -0.0580. The van der Waals surface area contributed by atoms with Crippen molar-refractivity contribution in [1.82, 2.24) is 14.9 Å². The van der Waals surface area contributed by atoms with Gasteiger partial charge in [-0.05, 0) is 36.2 Å². The number of hydrogen-bond donors (Lipinski definition) is 1. The highest BCUT2D eigenvalue weighted by Gasteiger charge is 2.45. The van der Waals surface area contributed by atoms with E-state index in [2.05, 4.69) is 38.4 Å². The molecule has 128 valence electrons. The number of nitrogens with one attached hydrogen (secondary N) is 1. The largest absolute Gasteiger partial charge is 0.371 e. The minimum absolute atomic E-state index is 0.0580. The molecule has 2 aliphatic heterocycles. The summed E-state index contributed by atoms with van der Waals surface area (Å²) in [6.07, 6.45) is 5.71. The van der Waals surface area contributed by atoms with Gasteiger partial charge in [-0.2, -0.15) is 5.26 Å². The average Bonchev–Trinajstić information content (AvgIpc) is 3.22. The predicted octanol–water partition coefficient (Wildman–Crippen LogP) is 2.19. The molecule has 0 aliphatic carbocycles. The second-order valence-corrected chi connectivity index (χ2v) is 6.88. The second-order valence-electron chi connectivity index (χ2n) is 6.88. The van der Waals surface area contributed by atoms with Crippen molar-refractivity contribution < 1.29 is 4.74 Å². The molecule has 0 bridgehead atoms. The van der Waals surface area contributed by atoms with E-state index in [1.807, 2.05) is 24.5 Å². The van der Waals surface area contributed by atoms with Crippen LogP contribution in [-0.2, 0) is 11.3 Å². The van der Waals surface area contributed by atoms with Gasteiger partial charge in [0, 0.05) is 38.4 Å². The Bertz CT molecular complexity index is 775. The zero-order chi connectivity index (χ0) is 17.1. The number of pyridine rings is 2. The summed E-state index contributed by atoms with van der Waals surface area (Å²) in [5, 5.41) is 12.4. The standard InChI is InChI=1S/C19H21N5O/c20-11-16-2-1-3-18(22-16)23-17-10-19(25-13-17)6-9-24(14-19)12-15-4-7-21-8-5-15/h1-5,7-8,17H,6,9-10,12-14H2,(H,22,23)/t17-,19-/m1/s1. The summed E-state index contributed by atoms with van der Waals surface area (Å²) in [5.74, 6) is 0.747. The molecule has 0 saturated carbocycles. The van der Waals surface area contributed by atoms with Gasteiger partial charge in [0.1, 0.15) is 17.6 Å². The van der Waals surface area contributed by atoms with Crippen LogP contribution in [0, 0.1) is 11.3 Å². The molecule has 1 spiro atoms. The first-order chi connectivity index (χ1) is 12.2. The van der Waals surface area contributed by atoms with E-state index >= 15 is 0 Å². The Kier molecular flexibility index (Phi) is 4.35. The van der Waals surface area contributed by atoms with E-state index < -0.39 is 0 Å². The maximum Gasteiger partial charge on any atom is 0.142 e. The summed E-state index contributed by atoms with van der Waals surface area (Å²) >= 11 is 0. The first-order valence-electron chi connectivity index (χ1n) is 8.64. The molecule has 0 aromatic carbocycles. The van der Waals surface area contributed by atoms with Gasteiger partial charge in [0.2, 0.25) is 0 Å². The summed E-state index contributed by atoms with van der Waals surface area (Å²) in [6.45, 7) is 3.63. The molecule has 6 heteroatoms. The number of ether oxygens (including phenoxy) is 1. The predicted molar refractivity (Wildman–Crippen MR) is 93.8 cm³/mol. The van der Waals surface area contributed by atoms with E-state index in [0.29, 0.717) is 12.3 Å². The molecule has 2 saturated heterocycles. The molecule has 4 rings (SSSR count). The van der Waals surface area contributed by atoms with Crippen LogP contribution in [0.3, 0.4) is 0 Å². The molecular formula is C19H21N5O. The van der Waals surface area contributed by atoms with E-state index in [1.54, 1.807) is 6.07 Å². The highest BCUT2D eigenvalue weighted by molar-refractivity contribution is 5.39. The molecule has 0 radical (unpaired) electrons. The molecule has 2 aliphatic rings. The lowest BCUT2D eigenvalue weighted by molar-refractivity contribution is 0.0120. The van der Waals surface area contributed by atoms with Crippen molar-refractivity contribution in [3.8, 4) is 6.07 Å². The van der Waals surface area contributed by atoms with Crippen molar-refractivity contribution in [2.24, 2.45) is 0 Å². The second kappa shape index (κ2) is 6.79. The molecule has 2 aromatic heterocycles. The number of anilines is 1. The molecular weight excluding hydrogens is 314 g/mol. The summed E-state index contributed by atoms with van der Waals surface area (Å²) in [7, 11) is 0. The molecule has 25 heavy (non-hydrogen) atoms. The summed E-state index contributed by atoms with van der Waals surface area (Å²) in [5.41, 5.74) is 1.66. The van der Waals surface area contributed by atoms with Crippen molar-refractivity contribution in [1.29, 1.82) is 5.26 Å². The monoisotopic (exact) mass is 335 g/mol. The third-order valence-corrected chi connectivity index (χ3v) is 4.98. The minimum Gasteiger partial charge on any atom is -0.371 e. The van der Waals surface area contributed by atoms with Gasteiger partial charge < -0.3 is 10.1 Å². The fourth-order valence-corrected chi connectivity index (χ4v) is 3.82. The molecule has 2 fully saturated rings. The number of nitriles is 1. The Morgan fingerprint density at radius 3 is 3.04 bits per heavy atom. The zero-order valence-corrected chi connectivity index (χ0v) is 14.1. The number of likely N-dealkylation sites (tertiary alicyclic amines) is 1. The lowest BCUT2D eigenvalue weighted by Gasteiger charge is -2.23. The van der Waals surface area contributed by atoms with Gasteiger partial charge in [0.05, 0.1) is 18.2 Å². The van der Waals surface area contributed by atoms with Crippen LogP contribution in [0.5, 0.6) is 0 Å². The smallest absolute Gasteiger partial charge is 0.142 e. The number of aromatic nitrogens is 2. The Labute approximate surface area is 147 Å². The van der Waals surface area contributed by atoms with Gasteiger partial charge in [-0.25, -0.2) is 4.98 Å². The summed E-state index contributed by atoms with van der Waals surface area (Å²) in [6, 6.07) is 11.9. The molecule has 1 N–H and O–H groups in total. The average molecular weight is 335 g/mol. The van der Waals surface area contributed by atoms with Crippen molar-refractivity contribution in [2.45, 2.75) is 31.0 Å². The molecule has 2 aromatic rings. The van der Waals surface area contributed by atoms with Gasteiger partial charge in [-0.15, -0.1) is 0 Å². The maximum atomic E-state index is 8.97. The lowest BCUT2D eigenvalue weighted by Crippen LogP contribution is -2.33. The quantitative estimate of drug-likeness (QED) is 0.923. The van der Waals surface area contributed by atoms with Crippen LogP contribution < -0.4 is 5.32 Å². The van der Waals surface area contributed by atoms with Crippen molar-refractivity contribution >= 4 is 5.82 Å². The summed E-state index contributed by atoms with van der Waals surface area (Å²) < 4.78 is 6.20.